The molecule has 41 heavy (non-hydrogen) atoms. The summed E-state index contributed by atoms with van der Waals surface area (Å²) in [5, 5.41) is 0. The first kappa shape index (κ1) is 33.7. The predicted molar refractivity (Wildman–Crippen MR) is 185 cm³/mol. The van der Waals surface area contributed by atoms with Gasteiger partial charge in [0.15, 0.2) is 0 Å². The first-order valence-corrected chi connectivity index (χ1v) is 25.8. The van der Waals surface area contributed by atoms with Crippen LogP contribution in [0.15, 0.2) is 104 Å². The Morgan fingerprint density at radius 3 is 1.66 bits per heavy atom. The van der Waals surface area contributed by atoms with Crippen LogP contribution in [-0.4, -0.2) is 4.26 Å². The molecule has 0 nitrogen and oxygen atoms in total. The molecule has 2 aliphatic carbocycles. The molecule has 0 aliphatic heterocycles. The Hall–Kier alpha value is -1.80. The van der Waals surface area contributed by atoms with Crippen molar-refractivity contribution in [3.8, 4) is 11.1 Å². The average Bonchev–Trinajstić information content (AvgIpc) is 3.55. The van der Waals surface area contributed by atoms with Crippen molar-refractivity contribution in [2.75, 3.05) is 0 Å². The van der Waals surface area contributed by atoms with Gasteiger partial charge in [-0.3, -0.25) is 0 Å². The molecule has 5 rings (SSSR count). The summed E-state index contributed by atoms with van der Waals surface area (Å²) >= 11 is -4.47. The number of hydrogen-bond acceptors (Lipinski definition) is 0. The van der Waals surface area contributed by atoms with E-state index in [0.29, 0.717) is 7.35 Å². The van der Waals surface area contributed by atoms with Crippen LogP contribution in [0.4, 0.5) is 0 Å². The van der Waals surface area contributed by atoms with E-state index in [9.17, 15) is 0 Å². The summed E-state index contributed by atoms with van der Waals surface area (Å²) in [7, 11) is 0. The molecular formula is C38H48Cl2Hf. The second-order valence-corrected chi connectivity index (χ2v) is 36.1. The molecule has 0 amide bonds. The number of unbranched alkanes of at least 4 members (excludes halogenated alkanes) is 1. The molecule has 0 spiro atoms. The van der Waals surface area contributed by atoms with Crippen molar-refractivity contribution in [2.45, 2.75) is 76.7 Å². The van der Waals surface area contributed by atoms with Crippen molar-refractivity contribution in [3.05, 3.63) is 126 Å². The molecule has 3 heteroatoms. The molecule has 218 valence electrons. The first-order chi connectivity index (χ1) is 18.4. The van der Waals surface area contributed by atoms with E-state index in [0.717, 1.165) is 12.8 Å². The van der Waals surface area contributed by atoms with E-state index in [2.05, 4.69) is 145 Å². The Kier molecular flexibility index (Phi) is 9.91. The molecule has 0 saturated heterocycles. The zero-order valence-electron chi connectivity index (χ0n) is 25.7. The Morgan fingerprint density at radius 1 is 0.732 bits per heavy atom. The third-order valence-electron chi connectivity index (χ3n) is 9.74. The summed E-state index contributed by atoms with van der Waals surface area (Å²) in [6.07, 6.45) is 13.8. The molecule has 0 radical (unpaired) electrons. The maximum atomic E-state index is 5.67. The van der Waals surface area contributed by atoms with Gasteiger partial charge in [-0.1, -0.05) is 0 Å². The van der Waals surface area contributed by atoms with Crippen molar-refractivity contribution in [2.24, 2.45) is 0 Å². The zero-order chi connectivity index (χ0) is 28.1. The van der Waals surface area contributed by atoms with Gasteiger partial charge in [-0.25, -0.2) is 0 Å². The second-order valence-electron chi connectivity index (χ2n) is 14.3. The normalized spacial score (nSPS) is 15.2. The minimum atomic E-state index is -4.47. The molecule has 0 atom stereocenters. The Balaban J connectivity index is 0.00000231. The van der Waals surface area contributed by atoms with Crippen molar-refractivity contribution in [3.63, 3.8) is 0 Å². The van der Waals surface area contributed by atoms with Gasteiger partial charge >= 0.3 is 239 Å². The van der Waals surface area contributed by atoms with Gasteiger partial charge < -0.3 is 0 Å². The van der Waals surface area contributed by atoms with E-state index in [4.69, 9.17) is 4.26 Å². The molecule has 3 aromatic carbocycles. The number of hydrogen-bond donors (Lipinski definition) is 0. The third-order valence-corrected chi connectivity index (χ3v) is 36.5. The second kappa shape index (κ2) is 12.1. The summed E-state index contributed by atoms with van der Waals surface area (Å²) in [6, 6.07) is 26.2. The summed E-state index contributed by atoms with van der Waals surface area (Å²) < 4.78 is 9.09. The number of benzene rings is 3. The molecule has 0 saturated carbocycles. The third kappa shape index (κ3) is 5.64. The van der Waals surface area contributed by atoms with Crippen LogP contribution in [0.1, 0.15) is 80.3 Å². The fourth-order valence-electron chi connectivity index (χ4n) is 7.42. The molecule has 0 bridgehead atoms. The van der Waals surface area contributed by atoms with Crippen molar-refractivity contribution in [1.82, 2.24) is 0 Å². The Bertz CT molecular complexity index is 1450. The van der Waals surface area contributed by atoms with Crippen molar-refractivity contribution in [1.29, 1.82) is 0 Å². The van der Waals surface area contributed by atoms with Crippen LogP contribution in [0, 0.1) is 0 Å². The van der Waals surface area contributed by atoms with E-state index in [1.54, 1.807) is 0 Å². The predicted octanol–water partition coefficient (Wildman–Crippen LogP) is 10.9. The molecular weight excluding hydrogens is 706 g/mol. The topological polar surface area (TPSA) is 0 Å². The van der Waals surface area contributed by atoms with Crippen LogP contribution in [0.25, 0.3) is 11.1 Å². The molecule has 0 N–H and O–H groups in total. The number of halogens is 2. The van der Waals surface area contributed by atoms with Crippen molar-refractivity contribution >= 4 is 32.4 Å². The van der Waals surface area contributed by atoms with Gasteiger partial charge in [-0.2, -0.15) is 0 Å². The van der Waals surface area contributed by atoms with Gasteiger partial charge in [0, 0.05) is 0 Å². The van der Waals surface area contributed by atoms with Crippen LogP contribution >= 0.6 is 24.8 Å². The minimum Gasteiger partial charge on any atom is -0.147 e. The molecule has 3 aromatic rings. The first-order valence-electron chi connectivity index (χ1n) is 14.7. The minimum absolute atomic E-state index is 0. The monoisotopic (exact) mass is 754 g/mol. The SMILES string of the molecule is C=CCC[CH2][Hf](=[CH2])([c]1ccccc1)([CH]1C=CC=C1)[CH]1c2cc(C(C)(C)C)ccc2-c2ccc(C(C)(C)C)cc21.Cl.Cl. The van der Waals surface area contributed by atoms with Gasteiger partial charge in [0.25, 0.3) is 0 Å². The van der Waals surface area contributed by atoms with Crippen molar-refractivity contribution < 1.29 is 18.0 Å². The summed E-state index contributed by atoms with van der Waals surface area (Å²) in [6.45, 7) is 18.1. The quantitative estimate of drug-likeness (QED) is 0.128. The smallest absolute Gasteiger partial charge is 0.147 e. The summed E-state index contributed by atoms with van der Waals surface area (Å²) in [4.78, 5) is 0. The maximum Gasteiger partial charge on any atom is -0.147 e. The standard InChI is InChI=1S/C21H25.C6H5.C5H5.C5H9.CH2.2ClH.Hf/c1-20(2,3)16-7-9-18-14(12-16)11-15-13-17(21(4,5)6)8-10-19(15)18;1-2-4-6-5-3-1;1-2-4-5-3-1;1-3-5-4-2;;;;/h7-13H,1-6H3;1-5H;1-5H;3H,1-2,4-5H2;1H2;2*1H;. The van der Waals surface area contributed by atoms with E-state index in [1.807, 2.05) is 0 Å². The number of fused-ring (bicyclic) bond motifs is 3. The summed E-state index contributed by atoms with van der Waals surface area (Å²) in [5.74, 6) is 0. The van der Waals surface area contributed by atoms with E-state index < -0.39 is 18.0 Å². The van der Waals surface area contributed by atoms with E-state index in [1.165, 1.54) is 40.9 Å². The van der Waals surface area contributed by atoms with E-state index >= 15 is 0 Å². The van der Waals surface area contributed by atoms with Crippen LogP contribution in [-0.2, 0) is 28.8 Å². The largest absolute Gasteiger partial charge is 0.147 e. The van der Waals surface area contributed by atoms with Crippen LogP contribution in [0.3, 0.4) is 0 Å². The van der Waals surface area contributed by atoms with Crippen LogP contribution in [0.2, 0.25) is 7.85 Å². The van der Waals surface area contributed by atoms with Gasteiger partial charge in [-0.15, -0.1) is 24.8 Å². The van der Waals surface area contributed by atoms with Gasteiger partial charge in [0.1, 0.15) is 0 Å². The fraction of sp³-hybridized carbons (Fsp3) is 0.342. The number of rotatable bonds is 7. The van der Waals surface area contributed by atoms with Crippen LogP contribution < -0.4 is 3.32 Å². The maximum absolute atomic E-state index is 5.67. The molecule has 0 heterocycles. The average molecular weight is 754 g/mol. The summed E-state index contributed by atoms with van der Waals surface area (Å²) in [5.41, 5.74) is 8.87. The van der Waals surface area contributed by atoms with E-state index in [-0.39, 0.29) is 35.6 Å². The Morgan fingerprint density at radius 2 is 1.22 bits per heavy atom. The Labute approximate surface area is 262 Å². The van der Waals surface area contributed by atoms with Gasteiger partial charge in [0.05, 0.1) is 0 Å². The molecule has 0 aromatic heterocycles. The van der Waals surface area contributed by atoms with Gasteiger partial charge in [0.2, 0.25) is 0 Å². The number of allylic oxidation sites excluding steroid dienone is 5. The molecule has 0 fully saturated rings. The zero-order valence-corrected chi connectivity index (χ0v) is 31.0. The molecule has 0 unspecified atom stereocenters. The van der Waals surface area contributed by atoms with Gasteiger partial charge in [-0.05, 0) is 0 Å². The fourth-order valence-corrected chi connectivity index (χ4v) is 33.7. The molecule has 2 aliphatic rings. The van der Waals surface area contributed by atoms with Crippen LogP contribution in [0.5, 0.6) is 0 Å².